The predicted molar refractivity (Wildman–Crippen MR) is 113 cm³/mol. The molecule has 3 N–H and O–H groups in total. The van der Waals surface area contributed by atoms with E-state index >= 15 is 0 Å². The van der Waals surface area contributed by atoms with Gasteiger partial charge < -0.3 is 9.73 Å². The van der Waals surface area contributed by atoms with E-state index in [4.69, 9.17) is 16.0 Å². The molecule has 0 fully saturated rings. The van der Waals surface area contributed by atoms with E-state index in [0.29, 0.717) is 23.3 Å². The smallest absolute Gasteiger partial charge is 0.324 e. The summed E-state index contributed by atoms with van der Waals surface area (Å²) in [5.41, 5.74) is 0.342. The summed E-state index contributed by atoms with van der Waals surface area (Å²) >= 11 is 6.00. The molecule has 0 saturated heterocycles. The van der Waals surface area contributed by atoms with Gasteiger partial charge in [-0.25, -0.2) is 27.6 Å². The lowest BCUT2D eigenvalue weighted by molar-refractivity contribution is 0.262. The summed E-state index contributed by atoms with van der Waals surface area (Å²) in [7, 11) is -3.73. The first kappa shape index (κ1) is 21.8. The maximum Gasteiger partial charge on any atom is 0.324 e. The van der Waals surface area contributed by atoms with E-state index < -0.39 is 21.9 Å². The lowest BCUT2D eigenvalue weighted by atomic mass is 10.2. The number of nitrogens with zero attached hydrogens (tertiary/aromatic N) is 2. The van der Waals surface area contributed by atoms with Gasteiger partial charge in [0.15, 0.2) is 5.82 Å². The van der Waals surface area contributed by atoms with E-state index in [-0.39, 0.29) is 28.0 Å². The minimum Gasteiger partial charge on any atom is -0.443 e. The Bertz CT molecular complexity index is 1230. The number of carbonyl (C=O) groups is 1. The molecule has 3 aromatic rings. The third kappa shape index (κ3) is 4.46. The number of aryl methyl sites for hydroxylation is 2. The molecule has 0 saturated carbocycles. The third-order valence-corrected chi connectivity index (χ3v) is 6.06. The Morgan fingerprint density at radius 2 is 1.97 bits per heavy atom. The Labute approximate surface area is 177 Å². The second kappa shape index (κ2) is 8.44. The zero-order valence-electron chi connectivity index (χ0n) is 16.3. The fourth-order valence-electron chi connectivity index (χ4n) is 2.76. The molecule has 12 heteroatoms. The molecule has 160 valence electrons. The molecule has 2 heterocycles. The van der Waals surface area contributed by atoms with Crippen LogP contribution in [0.2, 0.25) is 5.02 Å². The van der Waals surface area contributed by atoms with Gasteiger partial charge in [-0.15, -0.1) is 0 Å². The van der Waals surface area contributed by atoms with Crippen molar-refractivity contribution in [3.05, 3.63) is 40.6 Å². The van der Waals surface area contributed by atoms with Crippen molar-refractivity contribution in [2.24, 2.45) is 0 Å². The number of furan rings is 1. The van der Waals surface area contributed by atoms with Crippen molar-refractivity contribution >= 4 is 55.9 Å². The van der Waals surface area contributed by atoms with Crippen LogP contribution in [-0.2, 0) is 10.0 Å². The predicted octanol–water partition coefficient (Wildman–Crippen LogP) is 4.43. The lowest BCUT2D eigenvalue weighted by Gasteiger charge is -2.14. The topological polar surface area (TPSA) is 126 Å². The van der Waals surface area contributed by atoms with Crippen molar-refractivity contribution in [3.8, 4) is 0 Å². The molecule has 0 bridgehead atoms. The first-order valence-corrected chi connectivity index (χ1v) is 10.9. The minimum atomic E-state index is -3.73. The molecule has 0 atom stereocenters. The van der Waals surface area contributed by atoms with E-state index in [2.05, 4.69) is 25.3 Å². The van der Waals surface area contributed by atoms with E-state index in [1.807, 2.05) is 0 Å². The van der Waals surface area contributed by atoms with Gasteiger partial charge in [0.25, 0.3) is 0 Å². The van der Waals surface area contributed by atoms with E-state index in [1.165, 1.54) is 18.5 Å². The van der Waals surface area contributed by atoms with Crippen molar-refractivity contribution in [1.82, 2.24) is 9.97 Å². The zero-order chi connectivity index (χ0) is 22.1. The summed E-state index contributed by atoms with van der Waals surface area (Å²) in [6.07, 6.45) is 1.58. The van der Waals surface area contributed by atoms with Crippen LogP contribution < -0.4 is 15.4 Å². The minimum absolute atomic E-state index is 0.107. The largest absolute Gasteiger partial charge is 0.443 e. The first-order chi connectivity index (χ1) is 14.1. The Kier molecular flexibility index (Phi) is 6.13. The number of anilines is 3. The van der Waals surface area contributed by atoms with Crippen LogP contribution in [0.1, 0.15) is 24.7 Å². The molecular weight excluding hydrogens is 437 g/mol. The second-order valence-corrected chi connectivity index (χ2v) is 8.72. The molecule has 3 rings (SSSR count). The van der Waals surface area contributed by atoms with Crippen molar-refractivity contribution in [2.45, 2.75) is 27.2 Å². The number of halogens is 2. The van der Waals surface area contributed by atoms with Crippen LogP contribution in [0.15, 0.2) is 22.9 Å². The molecular formula is C18H19ClFN5O4S. The number of aromatic nitrogens is 2. The molecule has 0 radical (unpaired) electrons. The van der Waals surface area contributed by atoms with Gasteiger partial charge >= 0.3 is 6.03 Å². The van der Waals surface area contributed by atoms with Gasteiger partial charge in [0.1, 0.15) is 17.9 Å². The number of sulfonamides is 1. The SMILES string of the molecule is CCCS(=O)(=O)Nc1ccc(Cl)c(NC(=O)Nc2ncnc3oc(C)c(C)c23)c1F. The monoisotopic (exact) mass is 455 g/mol. The van der Waals surface area contributed by atoms with Gasteiger partial charge in [0.05, 0.1) is 27.5 Å². The summed E-state index contributed by atoms with van der Waals surface area (Å²) < 4.78 is 46.3. The van der Waals surface area contributed by atoms with E-state index in [0.717, 1.165) is 5.56 Å². The van der Waals surface area contributed by atoms with Crippen LogP contribution in [0.3, 0.4) is 0 Å². The molecule has 0 aliphatic carbocycles. The Hall–Kier alpha value is -2.92. The van der Waals surface area contributed by atoms with Gasteiger partial charge in [-0.05, 0) is 32.4 Å². The standard InChI is InChI=1S/C18H19ClFN5O4S/c1-4-7-30(27,28)25-12-6-5-11(19)15(14(12)20)23-18(26)24-16-13-9(2)10(3)29-17(13)22-8-21-16/h5-6,8,25H,4,7H2,1-3H3,(H2,21,22,23,24,26). The van der Waals surface area contributed by atoms with Gasteiger partial charge in [-0.1, -0.05) is 18.5 Å². The van der Waals surface area contributed by atoms with Gasteiger partial charge in [-0.3, -0.25) is 10.0 Å². The summed E-state index contributed by atoms with van der Waals surface area (Å²) in [6, 6.07) is 1.62. The Morgan fingerprint density at radius 3 is 2.67 bits per heavy atom. The molecule has 0 unspecified atom stereocenters. The number of urea groups is 1. The van der Waals surface area contributed by atoms with E-state index in [1.54, 1.807) is 20.8 Å². The molecule has 0 aliphatic rings. The van der Waals surface area contributed by atoms with Gasteiger partial charge in [0, 0.05) is 5.56 Å². The molecule has 30 heavy (non-hydrogen) atoms. The average molecular weight is 456 g/mol. The highest BCUT2D eigenvalue weighted by molar-refractivity contribution is 7.92. The molecule has 0 spiro atoms. The number of nitrogens with one attached hydrogen (secondary N) is 3. The second-order valence-electron chi connectivity index (χ2n) is 6.47. The average Bonchev–Trinajstić information content (AvgIpc) is 2.96. The van der Waals surface area contributed by atoms with Crippen LogP contribution in [-0.4, -0.2) is 30.2 Å². The quantitative estimate of drug-likeness (QED) is 0.504. The van der Waals surface area contributed by atoms with Crippen molar-refractivity contribution in [1.29, 1.82) is 0 Å². The maximum atomic E-state index is 14.8. The fourth-order valence-corrected chi connectivity index (χ4v) is 4.09. The molecule has 1 aromatic carbocycles. The molecule has 9 nitrogen and oxygen atoms in total. The number of amides is 2. The highest BCUT2D eigenvalue weighted by atomic mass is 35.5. The van der Waals surface area contributed by atoms with Crippen LogP contribution in [0.25, 0.3) is 11.1 Å². The summed E-state index contributed by atoms with van der Waals surface area (Å²) in [5, 5.41) is 5.20. The summed E-state index contributed by atoms with van der Waals surface area (Å²) in [5.74, 6) is -0.398. The van der Waals surface area contributed by atoms with Crippen LogP contribution in [0.4, 0.5) is 26.4 Å². The molecule has 2 aromatic heterocycles. The number of hydrogen-bond donors (Lipinski definition) is 3. The van der Waals surface area contributed by atoms with Crippen LogP contribution in [0.5, 0.6) is 0 Å². The summed E-state index contributed by atoms with van der Waals surface area (Å²) in [4.78, 5) is 20.5. The van der Waals surface area contributed by atoms with E-state index in [9.17, 15) is 17.6 Å². The van der Waals surface area contributed by atoms with Gasteiger partial charge in [0.2, 0.25) is 15.7 Å². The van der Waals surface area contributed by atoms with Crippen molar-refractivity contribution in [2.75, 3.05) is 21.1 Å². The highest BCUT2D eigenvalue weighted by Gasteiger charge is 2.20. The zero-order valence-corrected chi connectivity index (χ0v) is 17.9. The normalized spacial score (nSPS) is 11.5. The highest BCUT2D eigenvalue weighted by Crippen LogP contribution is 2.32. The first-order valence-electron chi connectivity index (χ1n) is 8.90. The number of carbonyl (C=O) groups excluding carboxylic acids is 1. The van der Waals surface area contributed by atoms with Crippen LogP contribution >= 0.6 is 11.6 Å². The Morgan fingerprint density at radius 1 is 1.23 bits per heavy atom. The molecule has 2 amide bonds. The fraction of sp³-hybridized carbons (Fsp3) is 0.278. The Balaban J connectivity index is 1.86. The number of rotatable bonds is 6. The number of benzene rings is 1. The number of fused-ring (bicyclic) bond motifs is 1. The van der Waals surface area contributed by atoms with Gasteiger partial charge in [-0.2, -0.15) is 0 Å². The van der Waals surface area contributed by atoms with Crippen molar-refractivity contribution < 1.29 is 22.0 Å². The lowest BCUT2D eigenvalue weighted by Crippen LogP contribution is -2.22. The molecule has 0 aliphatic heterocycles. The third-order valence-electron chi connectivity index (χ3n) is 4.27. The maximum absolute atomic E-state index is 14.8. The number of hydrogen-bond acceptors (Lipinski definition) is 6. The summed E-state index contributed by atoms with van der Waals surface area (Å²) in [6.45, 7) is 5.22. The van der Waals surface area contributed by atoms with Crippen LogP contribution in [0, 0.1) is 19.7 Å². The van der Waals surface area contributed by atoms with Crippen molar-refractivity contribution in [3.63, 3.8) is 0 Å².